The number of para-hydroxylation sites is 2. The molecule has 0 radical (unpaired) electrons. The van der Waals surface area contributed by atoms with Crippen molar-refractivity contribution >= 4 is 44.6 Å². The van der Waals surface area contributed by atoms with Crippen LogP contribution in [0.15, 0.2) is 58.4 Å². The number of hydrazine groups is 1. The van der Waals surface area contributed by atoms with Gasteiger partial charge < -0.3 is 4.74 Å². The predicted octanol–water partition coefficient (Wildman–Crippen LogP) is 9.42. The van der Waals surface area contributed by atoms with Crippen LogP contribution in [0.4, 0.5) is 24.5 Å². The van der Waals surface area contributed by atoms with Gasteiger partial charge in [-0.1, -0.05) is 114 Å². The Kier molecular flexibility index (Phi) is 15.0. The number of rotatable bonds is 21. The number of amidine groups is 1. The van der Waals surface area contributed by atoms with E-state index in [2.05, 4.69) is 22.1 Å². The van der Waals surface area contributed by atoms with Crippen LogP contribution in [0, 0.1) is 0 Å². The number of nitrogens with one attached hydrogen (secondary N) is 1. The predicted molar refractivity (Wildman–Crippen MR) is 174 cm³/mol. The maximum Gasteiger partial charge on any atom is 0.444 e. The van der Waals surface area contributed by atoms with Gasteiger partial charge in [-0.15, -0.1) is 0 Å². The van der Waals surface area contributed by atoms with E-state index >= 15 is 0 Å². The average molecular weight is 672 g/mol. The lowest BCUT2D eigenvalue weighted by atomic mass is 10.0. The van der Waals surface area contributed by atoms with Gasteiger partial charge in [0.05, 0.1) is 22.8 Å². The number of sulfone groups is 1. The number of halogens is 4. The zero-order valence-electron chi connectivity index (χ0n) is 26.0. The molecule has 0 unspecified atom stereocenters. The summed E-state index contributed by atoms with van der Waals surface area (Å²) in [5.41, 5.74) is -0.0185. The van der Waals surface area contributed by atoms with Crippen LogP contribution in [-0.4, -0.2) is 37.7 Å². The summed E-state index contributed by atoms with van der Waals surface area (Å²) in [5.74, 6) is -0.679. The van der Waals surface area contributed by atoms with Crippen molar-refractivity contribution in [2.24, 2.45) is 4.99 Å². The largest absolute Gasteiger partial charge is 0.444 e. The monoisotopic (exact) mass is 671 g/mol. The van der Waals surface area contributed by atoms with Crippen molar-refractivity contribution in [3.63, 3.8) is 0 Å². The molecule has 0 saturated carbocycles. The van der Waals surface area contributed by atoms with E-state index in [4.69, 9.17) is 11.6 Å². The molecule has 1 atom stereocenters. The lowest BCUT2D eigenvalue weighted by Gasteiger charge is -2.23. The Morgan fingerprint density at radius 1 is 0.889 bits per heavy atom. The second-order valence-electron chi connectivity index (χ2n) is 11.4. The van der Waals surface area contributed by atoms with Crippen molar-refractivity contribution in [3.05, 3.63) is 48.5 Å². The molecule has 2 aromatic carbocycles. The fourth-order valence-electron chi connectivity index (χ4n) is 5.12. The Bertz CT molecular complexity index is 1340. The fraction of sp³-hybridized carbons (Fsp3) is 0.576. The quantitative estimate of drug-likeness (QED) is 0.106. The van der Waals surface area contributed by atoms with Gasteiger partial charge in [-0.05, 0) is 42.8 Å². The van der Waals surface area contributed by atoms with E-state index in [1.54, 1.807) is 12.1 Å². The zero-order chi connectivity index (χ0) is 32.7. The van der Waals surface area contributed by atoms with E-state index in [1.807, 2.05) is 0 Å². The third-order valence-corrected chi connectivity index (χ3v) is 9.71. The van der Waals surface area contributed by atoms with Gasteiger partial charge in [0.2, 0.25) is 0 Å². The SMILES string of the molecule is CCCCCCCCCCCCCCCCS(=O)(=O)c1ccc(N=C2CC(=O)N(c3ccccc3OC(F)(F)[C@H](F)Cl)N2)cc1. The third kappa shape index (κ3) is 12.2. The number of nitrogens with zero attached hydrogens (tertiary/aromatic N) is 2. The summed E-state index contributed by atoms with van der Waals surface area (Å²) in [6, 6.07) is 11.4. The summed E-state index contributed by atoms with van der Waals surface area (Å²) in [6.07, 6.45) is 12.3. The summed E-state index contributed by atoms with van der Waals surface area (Å²) in [4.78, 5) is 17.2. The van der Waals surface area contributed by atoms with Gasteiger partial charge in [-0.25, -0.2) is 22.8 Å². The highest BCUT2D eigenvalue weighted by atomic mass is 35.5. The molecule has 1 aliphatic rings. The number of carbonyl (C=O) groups excluding carboxylic acids is 1. The fourth-order valence-corrected chi connectivity index (χ4v) is 6.54. The first-order valence-electron chi connectivity index (χ1n) is 16.0. The Morgan fingerprint density at radius 2 is 1.42 bits per heavy atom. The first kappa shape index (κ1) is 36.7. The van der Waals surface area contributed by atoms with Crippen LogP contribution in [0.3, 0.4) is 0 Å². The average Bonchev–Trinajstić information content (AvgIpc) is 3.36. The normalized spacial score (nSPS) is 15.4. The first-order valence-corrected chi connectivity index (χ1v) is 18.1. The van der Waals surface area contributed by atoms with E-state index in [0.717, 1.165) is 30.3 Å². The number of alkyl halides is 4. The summed E-state index contributed by atoms with van der Waals surface area (Å²) >= 11 is 4.89. The van der Waals surface area contributed by atoms with E-state index in [1.165, 1.54) is 94.5 Å². The molecule has 7 nitrogen and oxygen atoms in total. The van der Waals surface area contributed by atoms with E-state index in [-0.39, 0.29) is 28.6 Å². The highest BCUT2D eigenvalue weighted by Gasteiger charge is 2.43. The summed E-state index contributed by atoms with van der Waals surface area (Å²) in [7, 11) is -3.44. The van der Waals surface area contributed by atoms with Crippen LogP contribution in [-0.2, 0) is 14.6 Å². The van der Waals surface area contributed by atoms with Crippen LogP contribution < -0.4 is 15.2 Å². The minimum atomic E-state index is -4.31. The minimum absolute atomic E-state index is 0.0744. The molecule has 3 rings (SSSR count). The standard InChI is InChI=1S/C33H45ClF3N3O4S/c1-2-3-4-5-6-7-8-9-10-11-12-13-14-17-24-45(42,43)27-22-20-26(21-23-27)38-30-25-31(41)40(39-30)28-18-15-16-19-29(28)44-33(36,37)32(34)35/h15-16,18-23,32H,2-14,17,24-25H2,1H3,(H,38,39)/t32-/m0/s1. The maximum atomic E-state index is 13.8. The van der Waals surface area contributed by atoms with E-state index in [9.17, 15) is 26.4 Å². The number of amides is 1. The molecule has 0 aliphatic carbocycles. The number of unbranched alkanes of at least 4 members (excludes halogenated alkanes) is 13. The Labute approximate surface area is 270 Å². The number of benzene rings is 2. The first-order chi connectivity index (χ1) is 21.5. The highest BCUT2D eigenvalue weighted by Crippen LogP contribution is 2.36. The van der Waals surface area contributed by atoms with Crippen LogP contribution in [0.25, 0.3) is 0 Å². The third-order valence-electron chi connectivity index (χ3n) is 7.64. The van der Waals surface area contributed by atoms with E-state index in [0.29, 0.717) is 12.1 Å². The second-order valence-corrected chi connectivity index (χ2v) is 13.9. The van der Waals surface area contributed by atoms with E-state index < -0.39 is 33.2 Å². The lowest BCUT2D eigenvalue weighted by molar-refractivity contribution is -0.198. The zero-order valence-corrected chi connectivity index (χ0v) is 27.5. The summed E-state index contributed by atoms with van der Waals surface area (Å²) in [6.45, 7) is 2.24. The Balaban J connectivity index is 1.42. The lowest BCUT2D eigenvalue weighted by Crippen LogP contribution is -2.38. The molecular weight excluding hydrogens is 627 g/mol. The molecular formula is C33H45ClF3N3O4S. The molecule has 1 fully saturated rings. The minimum Gasteiger partial charge on any atom is -0.427 e. The molecule has 1 saturated heterocycles. The molecule has 1 N–H and O–H groups in total. The summed E-state index contributed by atoms with van der Waals surface area (Å²) in [5, 5.41) is 0.973. The molecule has 0 spiro atoms. The van der Waals surface area contributed by atoms with Gasteiger partial charge in [-0.2, -0.15) is 8.78 Å². The molecule has 12 heteroatoms. The van der Waals surface area contributed by atoms with Gasteiger partial charge in [-0.3, -0.25) is 10.2 Å². The number of hydrogen-bond acceptors (Lipinski definition) is 5. The number of carbonyl (C=O) groups is 1. The second kappa shape index (κ2) is 18.4. The van der Waals surface area contributed by atoms with Crippen molar-refractivity contribution in [2.75, 3.05) is 10.8 Å². The van der Waals surface area contributed by atoms with Crippen LogP contribution >= 0.6 is 11.6 Å². The van der Waals surface area contributed by atoms with Crippen molar-refractivity contribution in [1.82, 2.24) is 5.43 Å². The van der Waals surface area contributed by atoms with Gasteiger partial charge in [0.25, 0.3) is 11.5 Å². The molecule has 0 aromatic heterocycles. The van der Waals surface area contributed by atoms with Crippen molar-refractivity contribution in [2.45, 2.75) is 120 Å². The molecule has 1 heterocycles. The van der Waals surface area contributed by atoms with Crippen LogP contribution in [0.2, 0.25) is 0 Å². The molecule has 2 aromatic rings. The molecule has 1 aliphatic heterocycles. The molecule has 1 amide bonds. The van der Waals surface area contributed by atoms with Gasteiger partial charge in [0.15, 0.2) is 15.6 Å². The molecule has 45 heavy (non-hydrogen) atoms. The molecule has 0 bridgehead atoms. The van der Waals surface area contributed by atoms with Gasteiger partial charge in [0.1, 0.15) is 11.5 Å². The summed E-state index contributed by atoms with van der Waals surface area (Å²) < 4.78 is 70.7. The van der Waals surface area contributed by atoms with Crippen molar-refractivity contribution in [3.8, 4) is 5.75 Å². The number of ether oxygens (including phenoxy) is 1. The van der Waals surface area contributed by atoms with Crippen LogP contribution in [0.5, 0.6) is 5.75 Å². The number of anilines is 1. The van der Waals surface area contributed by atoms with Crippen molar-refractivity contribution in [1.29, 1.82) is 0 Å². The van der Waals surface area contributed by atoms with Crippen molar-refractivity contribution < 1.29 is 31.1 Å². The smallest absolute Gasteiger partial charge is 0.427 e. The van der Waals surface area contributed by atoms with Gasteiger partial charge in [0, 0.05) is 0 Å². The Hall–Kier alpha value is -2.79. The topological polar surface area (TPSA) is 88.1 Å². The number of aliphatic imine (C=N–C) groups is 1. The molecule has 250 valence electrons. The number of hydrogen-bond donors (Lipinski definition) is 1. The maximum absolute atomic E-state index is 13.8. The van der Waals surface area contributed by atoms with Gasteiger partial charge >= 0.3 is 6.11 Å². The Morgan fingerprint density at radius 3 is 1.98 bits per heavy atom. The van der Waals surface area contributed by atoms with Crippen LogP contribution in [0.1, 0.15) is 103 Å². The highest BCUT2D eigenvalue weighted by molar-refractivity contribution is 7.91.